The number of halogens is 2. The molecule has 0 bridgehead atoms. The Morgan fingerprint density at radius 1 is 1.10 bits per heavy atom. The van der Waals surface area contributed by atoms with Gasteiger partial charge >= 0.3 is 0 Å². The summed E-state index contributed by atoms with van der Waals surface area (Å²) in [6.45, 7) is 0.943. The Bertz CT molecular complexity index is 590. The zero-order chi connectivity index (χ0) is 14.7. The summed E-state index contributed by atoms with van der Waals surface area (Å²) in [6, 6.07) is 15.5. The maximum atomic E-state index is 12.8. The molecule has 2 aromatic rings. The summed E-state index contributed by atoms with van der Waals surface area (Å²) in [5.74, 6) is 0.460. The van der Waals surface area contributed by atoms with Crippen LogP contribution in [-0.2, 0) is 6.42 Å². The van der Waals surface area contributed by atoms with E-state index >= 15 is 0 Å². The van der Waals surface area contributed by atoms with Crippen molar-refractivity contribution in [3.8, 4) is 0 Å². The van der Waals surface area contributed by atoms with Crippen LogP contribution in [0.5, 0.6) is 0 Å². The van der Waals surface area contributed by atoms with Crippen molar-refractivity contribution >= 4 is 11.6 Å². The van der Waals surface area contributed by atoms with Gasteiger partial charge in [0.15, 0.2) is 0 Å². The van der Waals surface area contributed by atoms with E-state index in [1.807, 2.05) is 24.3 Å². The minimum absolute atomic E-state index is 0.171. The molecule has 1 aliphatic rings. The fraction of sp³-hybridized carbons (Fsp3) is 0.333. The highest BCUT2D eigenvalue weighted by Gasteiger charge is 2.29. The predicted octanol–water partition coefficient (Wildman–Crippen LogP) is 4.56. The molecular weight excluding hydrogens is 285 g/mol. The lowest BCUT2D eigenvalue weighted by molar-refractivity contribution is 0.293. The van der Waals surface area contributed by atoms with Crippen LogP contribution in [0.2, 0.25) is 5.02 Å². The first-order valence-electron chi connectivity index (χ1n) is 7.44. The van der Waals surface area contributed by atoms with Crippen LogP contribution in [0.3, 0.4) is 0 Å². The van der Waals surface area contributed by atoms with Gasteiger partial charge in [-0.15, -0.1) is 0 Å². The van der Waals surface area contributed by atoms with Crippen LogP contribution in [0.15, 0.2) is 48.5 Å². The molecule has 1 fully saturated rings. The average molecular weight is 304 g/mol. The predicted molar refractivity (Wildman–Crippen MR) is 85.3 cm³/mol. The molecule has 0 aromatic heterocycles. The highest BCUT2D eigenvalue weighted by molar-refractivity contribution is 6.30. The summed E-state index contributed by atoms with van der Waals surface area (Å²) in [4.78, 5) is 0. The van der Waals surface area contributed by atoms with E-state index in [4.69, 9.17) is 11.6 Å². The van der Waals surface area contributed by atoms with Crippen molar-refractivity contribution in [2.45, 2.75) is 31.2 Å². The molecule has 0 amide bonds. The van der Waals surface area contributed by atoms with Gasteiger partial charge < -0.3 is 5.32 Å². The standard InChI is InChI=1S/C18H19ClFN/c19-16-3-1-2-14(10-16)15-11-18(12-15)21-9-8-13-4-6-17(20)7-5-13/h1-7,10,15,18,21H,8-9,11-12H2. The van der Waals surface area contributed by atoms with Crippen molar-refractivity contribution in [1.82, 2.24) is 5.32 Å². The molecule has 3 heteroatoms. The molecule has 110 valence electrons. The molecule has 3 rings (SSSR count). The highest BCUT2D eigenvalue weighted by atomic mass is 35.5. The van der Waals surface area contributed by atoms with Crippen molar-refractivity contribution in [2.75, 3.05) is 6.54 Å². The summed E-state index contributed by atoms with van der Waals surface area (Å²) >= 11 is 6.03. The Kier molecular flexibility index (Phi) is 4.57. The fourth-order valence-electron chi connectivity index (χ4n) is 2.89. The van der Waals surface area contributed by atoms with E-state index in [-0.39, 0.29) is 5.82 Å². The number of hydrogen-bond donors (Lipinski definition) is 1. The third-order valence-electron chi connectivity index (χ3n) is 4.22. The van der Waals surface area contributed by atoms with Crippen molar-refractivity contribution in [3.05, 3.63) is 70.5 Å². The molecule has 1 nitrogen and oxygen atoms in total. The topological polar surface area (TPSA) is 12.0 Å². The molecule has 0 aliphatic heterocycles. The third-order valence-corrected chi connectivity index (χ3v) is 4.45. The number of hydrogen-bond acceptors (Lipinski definition) is 1. The second-order valence-electron chi connectivity index (χ2n) is 5.75. The number of nitrogens with one attached hydrogen (secondary N) is 1. The lowest BCUT2D eigenvalue weighted by atomic mass is 9.76. The lowest BCUT2D eigenvalue weighted by Gasteiger charge is -2.36. The Morgan fingerprint density at radius 3 is 2.57 bits per heavy atom. The SMILES string of the molecule is Fc1ccc(CCNC2CC(c3cccc(Cl)c3)C2)cc1. The normalized spacial score (nSPS) is 21.0. The van der Waals surface area contributed by atoms with Gasteiger partial charge in [-0.3, -0.25) is 0 Å². The quantitative estimate of drug-likeness (QED) is 0.854. The fourth-order valence-corrected chi connectivity index (χ4v) is 3.09. The Morgan fingerprint density at radius 2 is 1.86 bits per heavy atom. The van der Waals surface area contributed by atoms with Crippen LogP contribution in [0, 0.1) is 5.82 Å². The van der Waals surface area contributed by atoms with Crippen LogP contribution in [0.4, 0.5) is 4.39 Å². The van der Waals surface area contributed by atoms with Crippen LogP contribution in [-0.4, -0.2) is 12.6 Å². The molecule has 1 saturated carbocycles. The van der Waals surface area contributed by atoms with E-state index in [0.717, 1.165) is 18.0 Å². The maximum absolute atomic E-state index is 12.8. The number of rotatable bonds is 5. The van der Waals surface area contributed by atoms with Gasteiger partial charge in [0.1, 0.15) is 5.82 Å². The average Bonchev–Trinajstić information content (AvgIpc) is 2.43. The lowest BCUT2D eigenvalue weighted by Crippen LogP contribution is -2.40. The van der Waals surface area contributed by atoms with E-state index in [0.29, 0.717) is 12.0 Å². The van der Waals surface area contributed by atoms with Gasteiger partial charge in [-0.1, -0.05) is 35.9 Å². The van der Waals surface area contributed by atoms with Crippen molar-refractivity contribution in [3.63, 3.8) is 0 Å². The highest BCUT2D eigenvalue weighted by Crippen LogP contribution is 2.37. The third kappa shape index (κ3) is 3.84. The van der Waals surface area contributed by atoms with E-state index in [9.17, 15) is 4.39 Å². The van der Waals surface area contributed by atoms with Crippen LogP contribution >= 0.6 is 11.6 Å². The number of benzene rings is 2. The van der Waals surface area contributed by atoms with E-state index in [2.05, 4.69) is 17.4 Å². The second-order valence-corrected chi connectivity index (χ2v) is 6.19. The van der Waals surface area contributed by atoms with Gasteiger partial charge in [-0.2, -0.15) is 0 Å². The Balaban J connectivity index is 1.40. The van der Waals surface area contributed by atoms with Gasteiger partial charge in [-0.25, -0.2) is 4.39 Å². The summed E-state index contributed by atoms with van der Waals surface area (Å²) in [5.41, 5.74) is 2.52. The molecule has 0 saturated heterocycles. The summed E-state index contributed by atoms with van der Waals surface area (Å²) in [7, 11) is 0. The molecule has 21 heavy (non-hydrogen) atoms. The van der Waals surface area contributed by atoms with E-state index < -0.39 is 0 Å². The maximum Gasteiger partial charge on any atom is 0.123 e. The minimum atomic E-state index is -0.171. The molecule has 0 atom stereocenters. The summed E-state index contributed by atoms with van der Waals surface area (Å²) < 4.78 is 12.8. The Labute approximate surface area is 130 Å². The van der Waals surface area contributed by atoms with E-state index in [1.54, 1.807) is 0 Å². The molecular formula is C18H19ClFN. The van der Waals surface area contributed by atoms with Gasteiger partial charge in [0.25, 0.3) is 0 Å². The first-order chi connectivity index (χ1) is 10.2. The largest absolute Gasteiger partial charge is 0.314 e. The van der Waals surface area contributed by atoms with Gasteiger partial charge in [-0.05, 0) is 67.1 Å². The van der Waals surface area contributed by atoms with Gasteiger partial charge in [0.2, 0.25) is 0 Å². The summed E-state index contributed by atoms with van der Waals surface area (Å²) in [6.07, 6.45) is 3.28. The molecule has 1 N–H and O–H groups in total. The molecule has 0 heterocycles. The molecule has 0 unspecified atom stereocenters. The second kappa shape index (κ2) is 6.59. The van der Waals surface area contributed by atoms with E-state index in [1.165, 1.54) is 36.1 Å². The van der Waals surface area contributed by atoms with Gasteiger partial charge in [0, 0.05) is 11.1 Å². The Hall–Kier alpha value is -1.38. The van der Waals surface area contributed by atoms with Crippen LogP contribution in [0.1, 0.15) is 29.9 Å². The van der Waals surface area contributed by atoms with Gasteiger partial charge in [0.05, 0.1) is 0 Å². The molecule has 0 spiro atoms. The first-order valence-corrected chi connectivity index (χ1v) is 7.82. The van der Waals surface area contributed by atoms with Crippen molar-refractivity contribution < 1.29 is 4.39 Å². The van der Waals surface area contributed by atoms with Crippen molar-refractivity contribution in [2.24, 2.45) is 0 Å². The molecule has 0 radical (unpaired) electrons. The zero-order valence-electron chi connectivity index (χ0n) is 11.9. The minimum Gasteiger partial charge on any atom is -0.314 e. The monoisotopic (exact) mass is 303 g/mol. The van der Waals surface area contributed by atoms with Crippen LogP contribution < -0.4 is 5.32 Å². The van der Waals surface area contributed by atoms with Crippen LogP contribution in [0.25, 0.3) is 0 Å². The molecule has 1 aliphatic carbocycles. The molecule has 2 aromatic carbocycles. The zero-order valence-corrected chi connectivity index (χ0v) is 12.6. The van der Waals surface area contributed by atoms with Crippen molar-refractivity contribution in [1.29, 1.82) is 0 Å². The first kappa shape index (κ1) is 14.6. The smallest absolute Gasteiger partial charge is 0.123 e. The summed E-state index contributed by atoms with van der Waals surface area (Å²) in [5, 5.41) is 4.39.